The number of quaternary nitrogens is 1. The van der Waals surface area contributed by atoms with Gasteiger partial charge < -0.3 is 19.6 Å². The zero-order valence-electron chi connectivity index (χ0n) is 18.2. The summed E-state index contributed by atoms with van der Waals surface area (Å²) in [5, 5.41) is 11.0. The van der Waals surface area contributed by atoms with E-state index in [1.165, 1.54) is 11.0 Å². The Morgan fingerprint density at radius 3 is 2.24 bits per heavy atom. The zero-order chi connectivity index (χ0) is 23.2. The van der Waals surface area contributed by atoms with Crippen molar-refractivity contribution in [3.63, 3.8) is 0 Å². The third-order valence-corrected chi connectivity index (χ3v) is 6.11. The third kappa shape index (κ3) is 6.11. The van der Waals surface area contributed by atoms with Crippen LogP contribution in [0.25, 0.3) is 0 Å². The molecule has 2 N–H and O–H groups in total. The SMILES string of the molecule is O=C(c1ccc(Cl)cc1)c1ccc(OC[C@@H](O)C[NH+]2CCN(c3ccccc3F)CC2)cc1. The van der Waals surface area contributed by atoms with Crippen LogP contribution in [0.4, 0.5) is 10.1 Å². The number of halogens is 2. The Hall–Kier alpha value is -2.93. The van der Waals surface area contributed by atoms with E-state index in [2.05, 4.69) is 4.90 Å². The van der Waals surface area contributed by atoms with Gasteiger partial charge in [-0.05, 0) is 60.7 Å². The third-order valence-electron chi connectivity index (χ3n) is 5.85. The number of nitrogens with zero attached hydrogens (tertiary/aromatic N) is 1. The zero-order valence-corrected chi connectivity index (χ0v) is 19.0. The van der Waals surface area contributed by atoms with Crippen LogP contribution in [0.2, 0.25) is 5.02 Å². The fourth-order valence-electron chi connectivity index (χ4n) is 4.03. The lowest BCUT2D eigenvalue weighted by Crippen LogP contribution is -3.16. The molecule has 0 unspecified atom stereocenters. The van der Waals surface area contributed by atoms with Crippen LogP contribution in [-0.2, 0) is 0 Å². The summed E-state index contributed by atoms with van der Waals surface area (Å²) in [5.74, 6) is 0.313. The molecule has 0 aromatic heterocycles. The summed E-state index contributed by atoms with van der Waals surface area (Å²) < 4.78 is 19.7. The van der Waals surface area contributed by atoms with E-state index in [1.807, 2.05) is 6.07 Å². The number of ether oxygens (including phenoxy) is 1. The monoisotopic (exact) mass is 469 g/mol. The van der Waals surface area contributed by atoms with E-state index in [0.717, 1.165) is 26.2 Å². The minimum absolute atomic E-state index is 0.0867. The van der Waals surface area contributed by atoms with Crippen LogP contribution in [0.15, 0.2) is 72.8 Å². The molecular formula is C26H27ClFN2O3+. The van der Waals surface area contributed by atoms with Crippen molar-refractivity contribution in [2.75, 3.05) is 44.2 Å². The molecule has 1 atom stereocenters. The van der Waals surface area contributed by atoms with Crippen molar-refractivity contribution in [1.82, 2.24) is 0 Å². The molecule has 0 saturated carbocycles. The maximum absolute atomic E-state index is 14.0. The number of anilines is 1. The molecule has 0 spiro atoms. The van der Waals surface area contributed by atoms with Crippen molar-refractivity contribution in [2.24, 2.45) is 0 Å². The maximum Gasteiger partial charge on any atom is 0.193 e. The van der Waals surface area contributed by atoms with Gasteiger partial charge >= 0.3 is 0 Å². The Kier molecular flexibility index (Phi) is 7.60. The number of carbonyl (C=O) groups is 1. The molecule has 33 heavy (non-hydrogen) atoms. The Balaban J connectivity index is 1.22. The molecule has 1 fully saturated rings. The highest BCUT2D eigenvalue weighted by Gasteiger charge is 2.24. The fourth-order valence-corrected chi connectivity index (χ4v) is 4.16. The van der Waals surface area contributed by atoms with Gasteiger partial charge in [0.2, 0.25) is 0 Å². The lowest BCUT2D eigenvalue weighted by atomic mass is 10.0. The first-order chi connectivity index (χ1) is 16.0. The van der Waals surface area contributed by atoms with Crippen molar-refractivity contribution in [3.05, 3.63) is 94.8 Å². The van der Waals surface area contributed by atoms with E-state index >= 15 is 0 Å². The van der Waals surface area contributed by atoms with Crippen LogP contribution in [0.3, 0.4) is 0 Å². The van der Waals surface area contributed by atoms with Crippen molar-refractivity contribution >= 4 is 23.1 Å². The van der Waals surface area contributed by atoms with Crippen molar-refractivity contribution < 1.29 is 23.9 Å². The van der Waals surface area contributed by atoms with Gasteiger partial charge in [-0.3, -0.25) is 4.79 Å². The molecule has 4 rings (SSSR count). The Bertz CT molecular complexity index is 1070. The molecule has 7 heteroatoms. The molecule has 1 aliphatic rings. The smallest absolute Gasteiger partial charge is 0.193 e. The van der Waals surface area contributed by atoms with Gasteiger partial charge in [0.05, 0.1) is 31.9 Å². The number of para-hydroxylation sites is 1. The summed E-state index contributed by atoms with van der Waals surface area (Å²) >= 11 is 5.88. The molecule has 0 aliphatic carbocycles. The summed E-state index contributed by atoms with van der Waals surface area (Å²) in [6.45, 7) is 3.88. The fraction of sp³-hybridized carbons (Fsp3) is 0.269. The minimum atomic E-state index is -0.615. The number of aliphatic hydroxyl groups is 1. The summed E-state index contributed by atoms with van der Waals surface area (Å²) in [7, 11) is 0. The van der Waals surface area contributed by atoms with E-state index in [4.69, 9.17) is 16.3 Å². The molecule has 1 heterocycles. The molecular weight excluding hydrogens is 443 g/mol. The van der Waals surface area contributed by atoms with Crippen LogP contribution in [0.1, 0.15) is 15.9 Å². The van der Waals surface area contributed by atoms with Crippen molar-refractivity contribution in [3.8, 4) is 5.75 Å². The topological polar surface area (TPSA) is 54.2 Å². The normalized spacial score (nSPS) is 15.3. The standard InChI is InChI=1S/C26H26ClFN2O3/c27-21-9-5-19(6-10-21)26(32)20-7-11-23(12-8-20)33-18-22(31)17-29-13-15-30(16-14-29)25-4-2-1-3-24(25)28/h1-12,22,31H,13-18H2/p+1/t22-/m0/s1. The highest BCUT2D eigenvalue weighted by atomic mass is 35.5. The summed E-state index contributed by atoms with van der Waals surface area (Å²) in [6.07, 6.45) is -0.615. The second-order valence-corrected chi connectivity index (χ2v) is 8.65. The van der Waals surface area contributed by atoms with Gasteiger partial charge in [0.1, 0.15) is 30.8 Å². The predicted molar refractivity (Wildman–Crippen MR) is 127 cm³/mol. The highest BCUT2D eigenvalue weighted by Crippen LogP contribution is 2.19. The number of rotatable bonds is 8. The lowest BCUT2D eigenvalue weighted by Gasteiger charge is -2.34. The Morgan fingerprint density at radius 2 is 1.61 bits per heavy atom. The predicted octanol–water partition coefficient (Wildman–Crippen LogP) is 2.85. The first kappa shape index (κ1) is 23.2. The van der Waals surface area contributed by atoms with Crippen molar-refractivity contribution in [1.29, 1.82) is 0 Å². The van der Waals surface area contributed by atoms with Crippen molar-refractivity contribution in [2.45, 2.75) is 6.10 Å². The van der Waals surface area contributed by atoms with Crippen LogP contribution in [0.5, 0.6) is 5.75 Å². The van der Waals surface area contributed by atoms with Crippen LogP contribution in [0, 0.1) is 5.82 Å². The van der Waals surface area contributed by atoms with E-state index in [-0.39, 0.29) is 18.2 Å². The first-order valence-corrected chi connectivity index (χ1v) is 11.4. The van der Waals surface area contributed by atoms with Gasteiger partial charge in [0.15, 0.2) is 5.78 Å². The highest BCUT2D eigenvalue weighted by molar-refractivity contribution is 6.30. The van der Waals surface area contributed by atoms with Gasteiger partial charge in [-0.15, -0.1) is 0 Å². The number of carbonyl (C=O) groups excluding carboxylic acids is 1. The second-order valence-electron chi connectivity index (χ2n) is 8.22. The quantitative estimate of drug-likeness (QED) is 0.498. The number of hydrogen-bond donors (Lipinski definition) is 2. The molecule has 0 bridgehead atoms. The molecule has 5 nitrogen and oxygen atoms in total. The second kappa shape index (κ2) is 10.8. The molecule has 3 aromatic rings. The number of hydrogen-bond acceptors (Lipinski definition) is 4. The molecule has 1 aliphatic heterocycles. The van der Waals surface area contributed by atoms with Crippen LogP contribution >= 0.6 is 11.6 Å². The molecule has 0 amide bonds. The van der Waals surface area contributed by atoms with E-state index < -0.39 is 6.10 Å². The number of aliphatic hydroxyl groups excluding tert-OH is 1. The number of nitrogens with one attached hydrogen (secondary N) is 1. The van der Waals surface area contributed by atoms with Gasteiger partial charge in [-0.2, -0.15) is 0 Å². The summed E-state index contributed by atoms with van der Waals surface area (Å²) in [6, 6.07) is 20.5. The Morgan fingerprint density at radius 1 is 1.00 bits per heavy atom. The molecule has 0 radical (unpaired) electrons. The van der Waals surface area contributed by atoms with Crippen LogP contribution < -0.4 is 14.5 Å². The summed E-state index contributed by atoms with van der Waals surface area (Å²) in [4.78, 5) is 15.9. The Labute approximate surface area is 198 Å². The largest absolute Gasteiger partial charge is 0.491 e. The maximum atomic E-state index is 14.0. The summed E-state index contributed by atoms with van der Waals surface area (Å²) in [5.41, 5.74) is 1.77. The number of ketones is 1. The average Bonchev–Trinajstić information content (AvgIpc) is 2.84. The minimum Gasteiger partial charge on any atom is -0.491 e. The van der Waals surface area contributed by atoms with Gasteiger partial charge in [0.25, 0.3) is 0 Å². The van der Waals surface area contributed by atoms with Gasteiger partial charge in [-0.25, -0.2) is 4.39 Å². The molecule has 1 saturated heterocycles. The number of piperazine rings is 1. The van der Waals surface area contributed by atoms with E-state index in [0.29, 0.717) is 34.1 Å². The first-order valence-electron chi connectivity index (χ1n) is 11.0. The lowest BCUT2D eigenvalue weighted by molar-refractivity contribution is -0.903. The van der Waals surface area contributed by atoms with E-state index in [9.17, 15) is 14.3 Å². The average molecular weight is 470 g/mol. The van der Waals surface area contributed by atoms with Crippen LogP contribution in [-0.4, -0.2) is 56.3 Å². The van der Waals surface area contributed by atoms with Gasteiger partial charge in [-0.1, -0.05) is 23.7 Å². The number of benzene rings is 3. The van der Waals surface area contributed by atoms with E-state index in [1.54, 1.807) is 60.7 Å². The molecule has 172 valence electrons. The molecule has 3 aromatic carbocycles. The van der Waals surface area contributed by atoms with Gasteiger partial charge in [0, 0.05) is 16.1 Å².